The lowest BCUT2D eigenvalue weighted by Gasteiger charge is -2.05. The third-order valence-electron chi connectivity index (χ3n) is 2.56. The van der Waals surface area contributed by atoms with Crippen molar-refractivity contribution in [3.63, 3.8) is 0 Å². The Morgan fingerprint density at radius 1 is 1.43 bits per heavy atom. The molecule has 1 saturated heterocycles. The summed E-state index contributed by atoms with van der Waals surface area (Å²) in [6.07, 6.45) is 4.55. The summed E-state index contributed by atoms with van der Waals surface area (Å²) in [6.45, 7) is 3.18. The van der Waals surface area contributed by atoms with Crippen LogP contribution in [0.25, 0.3) is 6.08 Å². The Kier molecular flexibility index (Phi) is 2.78. The number of benzene rings is 1. The molecule has 74 valence electrons. The van der Waals surface area contributed by atoms with Gasteiger partial charge in [0.15, 0.2) is 0 Å². The van der Waals surface area contributed by atoms with Crippen molar-refractivity contribution in [2.45, 2.75) is 19.8 Å². The average molecular weight is 208 g/mol. The fraction of sp³-hybridized carbons (Fsp3) is 0.333. The first-order valence-corrected chi connectivity index (χ1v) is 5.35. The molecule has 0 saturated carbocycles. The van der Waals surface area contributed by atoms with E-state index in [-0.39, 0.29) is 0 Å². The smallest absolute Gasteiger partial charge is 0.0481 e. The van der Waals surface area contributed by atoms with E-state index in [2.05, 4.69) is 24.4 Å². The summed E-state index contributed by atoms with van der Waals surface area (Å²) in [5.74, 6) is 0. The maximum Gasteiger partial charge on any atom is 0.0481 e. The highest BCUT2D eigenvalue weighted by Crippen LogP contribution is 2.23. The van der Waals surface area contributed by atoms with Crippen LogP contribution in [0, 0.1) is 6.92 Å². The molecular weight excluding hydrogens is 194 g/mol. The van der Waals surface area contributed by atoms with Gasteiger partial charge >= 0.3 is 0 Å². The molecule has 0 bridgehead atoms. The standard InChI is InChI=1S/C12H14ClN/c1-9-4-2-6-12(13)11(9)8-10-5-3-7-14-10/h2,4,6,8,14H,3,5,7H2,1H3/b10-8-. The Morgan fingerprint density at radius 3 is 2.93 bits per heavy atom. The van der Waals surface area contributed by atoms with Gasteiger partial charge in [0.05, 0.1) is 0 Å². The minimum atomic E-state index is 0.839. The molecule has 0 unspecified atom stereocenters. The highest BCUT2D eigenvalue weighted by molar-refractivity contribution is 6.32. The second-order valence-electron chi connectivity index (χ2n) is 3.67. The van der Waals surface area contributed by atoms with Gasteiger partial charge in [-0.1, -0.05) is 23.7 Å². The highest BCUT2D eigenvalue weighted by Gasteiger charge is 2.07. The number of hydrogen-bond donors (Lipinski definition) is 1. The van der Waals surface area contributed by atoms with Gasteiger partial charge in [0.2, 0.25) is 0 Å². The Labute approximate surface area is 89.8 Å². The third kappa shape index (κ3) is 1.93. The number of rotatable bonds is 1. The highest BCUT2D eigenvalue weighted by atomic mass is 35.5. The molecule has 0 aliphatic carbocycles. The van der Waals surface area contributed by atoms with Crippen LogP contribution < -0.4 is 5.32 Å². The van der Waals surface area contributed by atoms with Crippen LogP contribution in [0.15, 0.2) is 23.9 Å². The van der Waals surface area contributed by atoms with Crippen molar-refractivity contribution in [3.05, 3.63) is 40.0 Å². The van der Waals surface area contributed by atoms with E-state index < -0.39 is 0 Å². The normalized spacial score (nSPS) is 18.6. The summed E-state index contributed by atoms with van der Waals surface area (Å²) in [7, 11) is 0. The summed E-state index contributed by atoms with van der Waals surface area (Å²) in [6, 6.07) is 6.02. The van der Waals surface area contributed by atoms with E-state index in [1.165, 1.54) is 17.7 Å². The molecule has 1 N–H and O–H groups in total. The number of allylic oxidation sites excluding steroid dienone is 1. The van der Waals surface area contributed by atoms with E-state index in [0.29, 0.717) is 0 Å². The monoisotopic (exact) mass is 207 g/mol. The molecule has 1 aliphatic rings. The molecule has 1 aliphatic heterocycles. The van der Waals surface area contributed by atoms with Crippen LogP contribution in [-0.4, -0.2) is 6.54 Å². The fourth-order valence-corrected chi connectivity index (χ4v) is 2.02. The molecule has 1 aromatic rings. The van der Waals surface area contributed by atoms with Gasteiger partial charge in [-0.05, 0) is 43.0 Å². The van der Waals surface area contributed by atoms with Crippen molar-refractivity contribution >= 4 is 17.7 Å². The van der Waals surface area contributed by atoms with Gasteiger partial charge in [0.1, 0.15) is 0 Å². The molecule has 0 amide bonds. The predicted molar refractivity (Wildman–Crippen MR) is 61.4 cm³/mol. The lowest BCUT2D eigenvalue weighted by molar-refractivity contribution is 0.904. The van der Waals surface area contributed by atoms with E-state index in [9.17, 15) is 0 Å². The largest absolute Gasteiger partial charge is 0.388 e. The van der Waals surface area contributed by atoms with E-state index >= 15 is 0 Å². The zero-order chi connectivity index (χ0) is 9.97. The maximum absolute atomic E-state index is 6.14. The number of hydrogen-bond acceptors (Lipinski definition) is 1. The molecule has 1 aromatic carbocycles. The number of aryl methyl sites for hydroxylation is 1. The maximum atomic E-state index is 6.14. The van der Waals surface area contributed by atoms with Gasteiger partial charge in [-0.2, -0.15) is 0 Å². The lowest BCUT2D eigenvalue weighted by Crippen LogP contribution is -2.03. The van der Waals surface area contributed by atoms with Crippen LogP contribution in [-0.2, 0) is 0 Å². The molecular formula is C12H14ClN. The topological polar surface area (TPSA) is 12.0 Å². The molecule has 1 heterocycles. The minimum absolute atomic E-state index is 0.839. The van der Waals surface area contributed by atoms with Gasteiger partial charge in [-0.15, -0.1) is 0 Å². The van der Waals surface area contributed by atoms with Crippen molar-refractivity contribution < 1.29 is 0 Å². The Hall–Kier alpha value is -0.950. The Bertz CT molecular complexity index is 340. The third-order valence-corrected chi connectivity index (χ3v) is 2.89. The van der Waals surface area contributed by atoms with E-state index in [1.807, 2.05) is 12.1 Å². The SMILES string of the molecule is Cc1cccc(Cl)c1/C=C1/CCCN1. The van der Waals surface area contributed by atoms with Gasteiger partial charge < -0.3 is 5.32 Å². The van der Waals surface area contributed by atoms with Crippen LogP contribution in [0.2, 0.25) is 5.02 Å². The van der Waals surface area contributed by atoms with E-state index in [0.717, 1.165) is 23.6 Å². The van der Waals surface area contributed by atoms with Gasteiger partial charge in [-0.25, -0.2) is 0 Å². The number of nitrogens with one attached hydrogen (secondary N) is 1. The number of halogens is 1. The quantitative estimate of drug-likeness (QED) is 0.745. The first-order chi connectivity index (χ1) is 6.77. The van der Waals surface area contributed by atoms with Gasteiger partial charge in [0.25, 0.3) is 0 Å². The second-order valence-corrected chi connectivity index (χ2v) is 4.08. The van der Waals surface area contributed by atoms with E-state index in [4.69, 9.17) is 11.6 Å². The molecule has 14 heavy (non-hydrogen) atoms. The molecule has 0 atom stereocenters. The second kappa shape index (κ2) is 4.05. The van der Waals surface area contributed by atoms with Crippen LogP contribution in [0.5, 0.6) is 0 Å². The van der Waals surface area contributed by atoms with Crippen molar-refractivity contribution in [2.24, 2.45) is 0 Å². The Morgan fingerprint density at radius 2 is 2.29 bits per heavy atom. The van der Waals surface area contributed by atoms with Crippen molar-refractivity contribution in [2.75, 3.05) is 6.54 Å². The van der Waals surface area contributed by atoms with Gasteiger partial charge in [0, 0.05) is 17.3 Å². The summed E-state index contributed by atoms with van der Waals surface area (Å²) < 4.78 is 0. The molecule has 2 rings (SSSR count). The van der Waals surface area contributed by atoms with Crippen LogP contribution >= 0.6 is 11.6 Å². The van der Waals surface area contributed by atoms with Crippen molar-refractivity contribution in [1.29, 1.82) is 0 Å². The summed E-state index contributed by atoms with van der Waals surface area (Å²) in [4.78, 5) is 0. The molecule has 2 heteroatoms. The van der Waals surface area contributed by atoms with E-state index in [1.54, 1.807) is 0 Å². The minimum Gasteiger partial charge on any atom is -0.388 e. The van der Waals surface area contributed by atoms with Crippen molar-refractivity contribution in [1.82, 2.24) is 5.32 Å². The molecule has 0 spiro atoms. The molecule has 0 aromatic heterocycles. The molecule has 1 fully saturated rings. The zero-order valence-corrected chi connectivity index (χ0v) is 9.06. The predicted octanol–water partition coefficient (Wildman–Crippen LogP) is 3.37. The summed E-state index contributed by atoms with van der Waals surface area (Å²) in [5.41, 5.74) is 3.69. The fourth-order valence-electron chi connectivity index (χ4n) is 1.74. The van der Waals surface area contributed by atoms with Crippen molar-refractivity contribution in [3.8, 4) is 0 Å². The molecule has 1 nitrogen and oxygen atoms in total. The van der Waals surface area contributed by atoms with Crippen LogP contribution in [0.4, 0.5) is 0 Å². The lowest BCUT2D eigenvalue weighted by atomic mass is 10.1. The average Bonchev–Trinajstić information content (AvgIpc) is 2.64. The van der Waals surface area contributed by atoms with Crippen LogP contribution in [0.3, 0.4) is 0 Å². The summed E-state index contributed by atoms with van der Waals surface area (Å²) in [5, 5.41) is 4.20. The summed E-state index contributed by atoms with van der Waals surface area (Å²) >= 11 is 6.14. The molecule has 0 radical (unpaired) electrons. The first kappa shape index (κ1) is 9.60. The Balaban J connectivity index is 2.36. The van der Waals surface area contributed by atoms with Crippen LogP contribution in [0.1, 0.15) is 24.0 Å². The first-order valence-electron chi connectivity index (χ1n) is 4.97. The zero-order valence-electron chi connectivity index (χ0n) is 8.31. The van der Waals surface area contributed by atoms with Gasteiger partial charge in [-0.3, -0.25) is 0 Å².